The molecule has 0 aliphatic carbocycles. The number of aliphatic hydroxyl groups excluding tert-OH is 1. The molecule has 1 atom stereocenters. The van der Waals surface area contributed by atoms with Gasteiger partial charge in [-0.25, -0.2) is 9.18 Å². The molecular weight excluding hydrogens is 319 g/mol. The molecule has 1 aromatic heterocycles. The average molecular weight is 338 g/mol. The fourth-order valence-corrected chi connectivity index (χ4v) is 2.03. The normalized spacial score (nSPS) is 12.0. The summed E-state index contributed by atoms with van der Waals surface area (Å²) in [5, 5.41) is 25.3. The number of hydrogen-bond donors (Lipinski definition) is 3. The van der Waals surface area contributed by atoms with E-state index >= 15 is 0 Å². The van der Waals surface area contributed by atoms with E-state index in [1.807, 2.05) is 0 Å². The smallest absolute Gasteiger partial charge is 0.319 e. The third-order valence-electron chi connectivity index (χ3n) is 3.28. The molecule has 2 rings (SSSR count). The SMILES string of the molecule is COCC[C@H](CO)NC(=O)Nc1ccc(F)c(-n2nnnc2C)c1. The molecule has 0 aliphatic heterocycles. The standard InChI is InChI=1S/C14H19FN6O3/c1-9-18-19-20-21(9)13-7-10(3-4-12(13)15)16-14(23)17-11(8-22)5-6-24-2/h3-4,7,11,22H,5-6,8H2,1-2H3,(H2,16,17,23)/t11-/m1/s1. The number of amides is 2. The van der Waals surface area contributed by atoms with Crippen LogP contribution in [0.4, 0.5) is 14.9 Å². The summed E-state index contributed by atoms with van der Waals surface area (Å²) in [6, 6.07) is 3.09. The largest absolute Gasteiger partial charge is 0.394 e. The number of hydrogen-bond acceptors (Lipinski definition) is 6. The molecule has 0 saturated carbocycles. The molecule has 10 heteroatoms. The molecule has 9 nitrogen and oxygen atoms in total. The van der Waals surface area contributed by atoms with Crippen molar-refractivity contribution in [3.8, 4) is 5.69 Å². The topological polar surface area (TPSA) is 114 Å². The molecule has 1 aromatic carbocycles. The number of tetrazole rings is 1. The van der Waals surface area contributed by atoms with Crippen LogP contribution in [0.15, 0.2) is 18.2 Å². The van der Waals surface area contributed by atoms with Crippen molar-refractivity contribution in [2.75, 3.05) is 25.6 Å². The van der Waals surface area contributed by atoms with Crippen LogP contribution in [0.5, 0.6) is 0 Å². The molecule has 0 unspecified atom stereocenters. The van der Waals surface area contributed by atoms with E-state index in [2.05, 4.69) is 26.2 Å². The van der Waals surface area contributed by atoms with Crippen molar-refractivity contribution in [3.63, 3.8) is 0 Å². The quantitative estimate of drug-likeness (QED) is 0.682. The van der Waals surface area contributed by atoms with Gasteiger partial charge in [0.2, 0.25) is 0 Å². The van der Waals surface area contributed by atoms with Crippen LogP contribution in [0.25, 0.3) is 5.69 Å². The van der Waals surface area contributed by atoms with Gasteiger partial charge in [-0.05, 0) is 42.0 Å². The number of nitrogens with zero attached hydrogens (tertiary/aromatic N) is 4. The lowest BCUT2D eigenvalue weighted by Gasteiger charge is -2.16. The predicted molar refractivity (Wildman–Crippen MR) is 83.4 cm³/mol. The summed E-state index contributed by atoms with van der Waals surface area (Å²) in [4.78, 5) is 12.0. The highest BCUT2D eigenvalue weighted by atomic mass is 19.1. The highest BCUT2D eigenvalue weighted by Crippen LogP contribution is 2.18. The summed E-state index contributed by atoms with van der Waals surface area (Å²) in [7, 11) is 1.54. The Labute approximate surface area is 137 Å². The first-order valence-electron chi connectivity index (χ1n) is 7.27. The van der Waals surface area contributed by atoms with Crippen LogP contribution in [0.2, 0.25) is 0 Å². The van der Waals surface area contributed by atoms with Crippen molar-refractivity contribution >= 4 is 11.7 Å². The third-order valence-corrected chi connectivity index (χ3v) is 3.28. The summed E-state index contributed by atoms with van der Waals surface area (Å²) in [6.07, 6.45) is 0.471. The number of carbonyl (C=O) groups is 1. The van der Waals surface area contributed by atoms with Crippen molar-refractivity contribution in [3.05, 3.63) is 29.8 Å². The van der Waals surface area contributed by atoms with Gasteiger partial charge in [0.1, 0.15) is 11.5 Å². The number of nitrogens with one attached hydrogen (secondary N) is 2. The van der Waals surface area contributed by atoms with Gasteiger partial charge in [0.25, 0.3) is 0 Å². The molecule has 0 radical (unpaired) electrons. The molecule has 0 fully saturated rings. The number of aryl methyl sites for hydroxylation is 1. The maximum absolute atomic E-state index is 14.0. The second kappa shape index (κ2) is 8.31. The Hall–Kier alpha value is -2.59. The lowest BCUT2D eigenvalue weighted by Crippen LogP contribution is -2.40. The van der Waals surface area contributed by atoms with Crippen LogP contribution in [0, 0.1) is 12.7 Å². The van der Waals surface area contributed by atoms with Crippen molar-refractivity contribution in [2.24, 2.45) is 0 Å². The Morgan fingerprint density at radius 2 is 2.29 bits per heavy atom. The average Bonchev–Trinajstić information content (AvgIpc) is 2.99. The van der Waals surface area contributed by atoms with Crippen molar-refractivity contribution in [2.45, 2.75) is 19.4 Å². The van der Waals surface area contributed by atoms with Gasteiger partial charge in [0, 0.05) is 19.4 Å². The number of urea groups is 1. The van der Waals surface area contributed by atoms with E-state index in [1.165, 1.54) is 30.0 Å². The number of benzene rings is 1. The van der Waals surface area contributed by atoms with Gasteiger partial charge in [0.05, 0.1) is 12.6 Å². The van der Waals surface area contributed by atoms with Gasteiger partial charge in [-0.1, -0.05) is 0 Å². The minimum atomic E-state index is -0.523. The molecule has 0 spiro atoms. The Balaban J connectivity index is 2.07. The van der Waals surface area contributed by atoms with E-state index in [0.717, 1.165) is 0 Å². The molecular formula is C14H19FN6O3. The molecule has 0 saturated heterocycles. The van der Waals surface area contributed by atoms with E-state index in [1.54, 1.807) is 6.92 Å². The minimum Gasteiger partial charge on any atom is -0.394 e. The van der Waals surface area contributed by atoms with Crippen LogP contribution in [0.1, 0.15) is 12.2 Å². The maximum atomic E-state index is 14.0. The van der Waals surface area contributed by atoms with Crippen LogP contribution in [0.3, 0.4) is 0 Å². The van der Waals surface area contributed by atoms with Crippen LogP contribution in [-0.4, -0.2) is 57.7 Å². The molecule has 24 heavy (non-hydrogen) atoms. The second-order valence-electron chi connectivity index (χ2n) is 5.06. The Bertz CT molecular complexity index is 693. The van der Waals surface area contributed by atoms with Crippen molar-refractivity contribution in [1.82, 2.24) is 25.5 Å². The number of halogens is 1. The van der Waals surface area contributed by atoms with E-state index in [9.17, 15) is 14.3 Å². The Morgan fingerprint density at radius 1 is 1.50 bits per heavy atom. The lowest BCUT2D eigenvalue weighted by molar-refractivity contribution is 0.161. The van der Waals surface area contributed by atoms with Gasteiger partial charge in [-0.2, -0.15) is 4.68 Å². The zero-order chi connectivity index (χ0) is 17.5. The molecule has 2 aromatic rings. The Morgan fingerprint density at radius 3 is 2.92 bits per heavy atom. The minimum absolute atomic E-state index is 0.119. The molecule has 2 amide bonds. The third kappa shape index (κ3) is 4.46. The summed E-state index contributed by atoms with van der Waals surface area (Å²) >= 11 is 0. The van der Waals surface area contributed by atoms with Gasteiger partial charge in [-0.3, -0.25) is 0 Å². The van der Waals surface area contributed by atoms with E-state index in [-0.39, 0.29) is 12.3 Å². The Kier molecular flexibility index (Phi) is 6.15. The fraction of sp³-hybridized carbons (Fsp3) is 0.429. The number of aromatic nitrogens is 4. The molecule has 0 aliphatic rings. The summed E-state index contributed by atoms with van der Waals surface area (Å²) in [5.41, 5.74) is 0.482. The zero-order valence-electron chi connectivity index (χ0n) is 13.4. The monoisotopic (exact) mass is 338 g/mol. The van der Waals surface area contributed by atoms with Gasteiger partial charge in [-0.15, -0.1) is 5.10 Å². The number of methoxy groups -OCH3 is 1. The second-order valence-corrected chi connectivity index (χ2v) is 5.06. The zero-order valence-corrected chi connectivity index (χ0v) is 13.4. The number of ether oxygens (including phenoxy) is 1. The molecule has 3 N–H and O–H groups in total. The first-order valence-corrected chi connectivity index (χ1v) is 7.27. The number of anilines is 1. The van der Waals surface area contributed by atoms with Crippen molar-refractivity contribution < 1.29 is 19.0 Å². The van der Waals surface area contributed by atoms with Gasteiger partial charge in [0.15, 0.2) is 5.82 Å². The van der Waals surface area contributed by atoms with E-state index in [4.69, 9.17) is 4.74 Å². The fourth-order valence-electron chi connectivity index (χ4n) is 2.03. The van der Waals surface area contributed by atoms with Crippen LogP contribution < -0.4 is 10.6 Å². The molecule has 0 bridgehead atoms. The van der Waals surface area contributed by atoms with E-state index < -0.39 is 17.9 Å². The molecule has 130 valence electrons. The summed E-state index contributed by atoms with van der Waals surface area (Å²) < 4.78 is 20.1. The first kappa shape index (κ1) is 17.8. The van der Waals surface area contributed by atoms with Gasteiger partial charge < -0.3 is 20.5 Å². The highest BCUT2D eigenvalue weighted by molar-refractivity contribution is 5.89. The summed E-state index contributed by atoms with van der Waals surface area (Å²) in [5.74, 6) is -0.111. The maximum Gasteiger partial charge on any atom is 0.319 e. The lowest BCUT2D eigenvalue weighted by atomic mass is 10.2. The van der Waals surface area contributed by atoms with Gasteiger partial charge >= 0.3 is 6.03 Å². The highest BCUT2D eigenvalue weighted by Gasteiger charge is 2.14. The molecule has 1 heterocycles. The van der Waals surface area contributed by atoms with Crippen LogP contribution >= 0.6 is 0 Å². The van der Waals surface area contributed by atoms with Crippen LogP contribution in [-0.2, 0) is 4.74 Å². The summed E-state index contributed by atoms with van der Waals surface area (Å²) in [6.45, 7) is 1.83. The first-order chi connectivity index (χ1) is 11.5. The number of aliphatic hydroxyl groups is 1. The predicted octanol–water partition coefficient (Wildman–Crippen LogP) is 0.629. The van der Waals surface area contributed by atoms with E-state index in [0.29, 0.717) is 24.5 Å². The number of carbonyl (C=O) groups excluding carboxylic acids is 1. The number of rotatable bonds is 7. The van der Waals surface area contributed by atoms with Crippen molar-refractivity contribution in [1.29, 1.82) is 0 Å².